The zero-order valence-electron chi connectivity index (χ0n) is 13.5. The summed E-state index contributed by atoms with van der Waals surface area (Å²) in [6.45, 7) is 2.98. The SMILES string of the molecule is CCCOCc1ccc(-c2c(C(=O)O)c(N)[nH]c(=O)c2C(=O)O)cc1. The molecule has 8 nitrogen and oxygen atoms in total. The number of hydrogen-bond donors (Lipinski definition) is 4. The number of anilines is 1. The minimum atomic E-state index is -1.53. The third-order valence-corrected chi connectivity index (χ3v) is 3.53. The van der Waals surface area contributed by atoms with Gasteiger partial charge in [0.25, 0.3) is 5.56 Å². The third-order valence-electron chi connectivity index (χ3n) is 3.53. The van der Waals surface area contributed by atoms with E-state index in [1.807, 2.05) is 6.92 Å². The number of nitrogen functional groups attached to an aromatic ring is 1. The molecule has 1 aromatic carbocycles. The molecule has 0 saturated carbocycles. The van der Waals surface area contributed by atoms with Crippen LogP contribution in [0.2, 0.25) is 0 Å². The highest BCUT2D eigenvalue weighted by atomic mass is 16.5. The lowest BCUT2D eigenvalue weighted by molar-refractivity contribution is 0.0695. The van der Waals surface area contributed by atoms with E-state index >= 15 is 0 Å². The van der Waals surface area contributed by atoms with Gasteiger partial charge in [-0.3, -0.25) is 4.79 Å². The zero-order chi connectivity index (χ0) is 18.6. The monoisotopic (exact) mass is 346 g/mol. The van der Waals surface area contributed by atoms with E-state index in [2.05, 4.69) is 4.98 Å². The molecule has 0 bridgehead atoms. The van der Waals surface area contributed by atoms with E-state index in [1.54, 1.807) is 12.1 Å². The van der Waals surface area contributed by atoms with Gasteiger partial charge in [0.2, 0.25) is 0 Å². The number of nitrogens with one attached hydrogen (secondary N) is 1. The van der Waals surface area contributed by atoms with Gasteiger partial charge in [-0.25, -0.2) is 9.59 Å². The van der Waals surface area contributed by atoms with Crippen LogP contribution in [0.4, 0.5) is 5.82 Å². The van der Waals surface area contributed by atoms with E-state index in [0.29, 0.717) is 13.2 Å². The Morgan fingerprint density at radius 3 is 2.24 bits per heavy atom. The molecule has 1 heterocycles. The number of ether oxygens (including phenoxy) is 1. The maximum Gasteiger partial charge on any atom is 0.342 e. The van der Waals surface area contributed by atoms with Gasteiger partial charge >= 0.3 is 11.9 Å². The number of benzene rings is 1. The standard InChI is InChI=1S/C17H18N2O6/c1-2-7-25-8-9-3-5-10(6-4-9)11-12(16(21)22)14(18)19-15(20)13(11)17(23)24/h3-6H,2,7-8H2,1H3,(H,21,22)(H,23,24)(H3,18,19,20). The first kappa shape index (κ1) is 18.2. The summed E-state index contributed by atoms with van der Waals surface area (Å²) in [7, 11) is 0. The van der Waals surface area contributed by atoms with Crippen molar-refractivity contribution >= 4 is 17.8 Å². The van der Waals surface area contributed by atoms with Gasteiger partial charge in [-0.05, 0) is 17.5 Å². The number of carboxylic acid groups (broad SMARTS) is 2. The van der Waals surface area contributed by atoms with Crippen molar-refractivity contribution in [2.75, 3.05) is 12.3 Å². The van der Waals surface area contributed by atoms with Gasteiger partial charge in [0, 0.05) is 12.2 Å². The number of pyridine rings is 1. The number of aromatic carboxylic acids is 2. The lowest BCUT2D eigenvalue weighted by atomic mass is 9.95. The highest BCUT2D eigenvalue weighted by Crippen LogP contribution is 2.29. The number of nitrogens with two attached hydrogens (primary N) is 1. The molecule has 0 spiro atoms. The minimum absolute atomic E-state index is 0.220. The molecule has 0 saturated heterocycles. The summed E-state index contributed by atoms with van der Waals surface area (Å²) in [6.07, 6.45) is 0.883. The van der Waals surface area contributed by atoms with Crippen molar-refractivity contribution in [3.05, 3.63) is 51.3 Å². The average Bonchev–Trinajstić information content (AvgIpc) is 2.54. The number of aromatic nitrogens is 1. The van der Waals surface area contributed by atoms with E-state index in [0.717, 1.165) is 12.0 Å². The number of carboxylic acids is 2. The van der Waals surface area contributed by atoms with Gasteiger partial charge in [0.1, 0.15) is 16.9 Å². The van der Waals surface area contributed by atoms with Crippen molar-refractivity contribution in [3.8, 4) is 11.1 Å². The van der Waals surface area contributed by atoms with Crippen molar-refractivity contribution in [1.82, 2.24) is 4.98 Å². The fourth-order valence-electron chi connectivity index (χ4n) is 2.44. The Hall–Kier alpha value is -3.13. The minimum Gasteiger partial charge on any atom is -0.478 e. The maximum absolute atomic E-state index is 12.0. The van der Waals surface area contributed by atoms with E-state index in [9.17, 15) is 24.6 Å². The van der Waals surface area contributed by atoms with E-state index in [-0.39, 0.29) is 11.1 Å². The molecule has 8 heteroatoms. The second-order valence-corrected chi connectivity index (χ2v) is 5.35. The Morgan fingerprint density at radius 2 is 1.72 bits per heavy atom. The van der Waals surface area contributed by atoms with Gasteiger partial charge in [0.15, 0.2) is 0 Å². The number of rotatable bonds is 7. The molecule has 0 aliphatic heterocycles. The largest absolute Gasteiger partial charge is 0.478 e. The normalized spacial score (nSPS) is 10.6. The number of aromatic amines is 1. The highest BCUT2D eigenvalue weighted by molar-refractivity contribution is 6.07. The Morgan fingerprint density at radius 1 is 1.12 bits per heavy atom. The van der Waals surface area contributed by atoms with Crippen LogP contribution in [0.5, 0.6) is 0 Å². The Labute approximate surface area is 142 Å². The summed E-state index contributed by atoms with van der Waals surface area (Å²) in [5, 5.41) is 18.7. The quantitative estimate of drug-likeness (QED) is 0.561. The van der Waals surface area contributed by atoms with Crippen LogP contribution in [-0.4, -0.2) is 33.7 Å². The molecule has 2 aromatic rings. The summed E-state index contributed by atoms with van der Waals surface area (Å²) in [4.78, 5) is 37.0. The molecular weight excluding hydrogens is 328 g/mol. The lowest BCUT2D eigenvalue weighted by Crippen LogP contribution is -2.24. The highest BCUT2D eigenvalue weighted by Gasteiger charge is 2.26. The van der Waals surface area contributed by atoms with Crippen LogP contribution < -0.4 is 11.3 Å². The molecule has 0 fully saturated rings. The molecule has 2 rings (SSSR count). The second-order valence-electron chi connectivity index (χ2n) is 5.35. The topological polar surface area (TPSA) is 143 Å². The van der Waals surface area contributed by atoms with E-state index in [1.165, 1.54) is 12.1 Å². The van der Waals surface area contributed by atoms with E-state index in [4.69, 9.17) is 10.5 Å². The number of carbonyl (C=O) groups is 2. The Kier molecular flexibility index (Phi) is 5.56. The molecule has 1 aromatic heterocycles. The third kappa shape index (κ3) is 3.86. The van der Waals surface area contributed by atoms with E-state index < -0.39 is 34.4 Å². The molecule has 0 aliphatic carbocycles. The fraction of sp³-hybridized carbons (Fsp3) is 0.235. The maximum atomic E-state index is 12.0. The van der Waals surface area contributed by atoms with Gasteiger partial charge in [-0.15, -0.1) is 0 Å². The second kappa shape index (κ2) is 7.63. The molecular formula is C17H18N2O6. The molecule has 132 valence electrons. The predicted octanol–water partition coefficient (Wildman–Crippen LogP) is 1.95. The summed E-state index contributed by atoms with van der Waals surface area (Å²) in [5.74, 6) is -3.36. The van der Waals surface area contributed by atoms with Gasteiger partial charge in [-0.1, -0.05) is 31.2 Å². The first-order valence-corrected chi connectivity index (χ1v) is 7.56. The van der Waals surface area contributed by atoms with Crippen LogP contribution in [0.15, 0.2) is 29.1 Å². The summed E-state index contributed by atoms with van der Waals surface area (Å²) < 4.78 is 5.41. The first-order valence-electron chi connectivity index (χ1n) is 7.56. The predicted molar refractivity (Wildman–Crippen MR) is 90.8 cm³/mol. The number of H-pyrrole nitrogens is 1. The molecule has 0 radical (unpaired) electrons. The van der Waals surface area contributed by atoms with Crippen molar-refractivity contribution < 1.29 is 24.5 Å². The van der Waals surface area contributed by atoms with Crippen LogP contribution in [0.25, 0.3) is 11.1 Å². The van der Waals surface area contributed by atoms with Crippen molar-refractivity contribution in [2.24, 2.45) is 0 Å². The molecule has 25 heavy (non-hydrogen) atoms. The van der Waals surface area contributed by atoms with Crippen molar-refractivity contribution in [2.45, 2.75) is 20.0 Å². The number of hydrogen-bond acceptors (Lipinski definition) is 5. The molecule has 5 N–H and O–H groups in total. The van der Waals surface area contributed by atoms with Gasteiger partial charge in [-0.2, -0.15) is 0 Å². The average molecular weight is 346 g/mol. The lowest BCUT2D eigenvalue weighted by Gasteiger charge is -2.12. The van der Waals surface area contributed by atoms with Crippen LogP contribution in [0.3, 0.4) is 0 Å². The summed E-state index contributed by atoms with van der Waals surface area (Å²) >= 11 is 0. The fourth-order valence-corrected chi connectivity index (χ4v) is 2.44. The van der Waals surface area contributed by atoms with Crippen molar-refractivity contribution in [1.29, 1.82) is 0 Å². The van der Waals surface area contributed by atoms with Gasteiger partial charge in [0.05, 0.1) is 6.61 Å². The van der Waals surface area contributed by atoms with Gasteiger partial charge < -0.3 is 25.7 Å². The summed E-state index contributed by atoms with van der Waals surface area (Å²) in [5.41, 5.74) is 4.40. The van der Waals surface area contributed by atoms with Crippen LogP contribution in [-0.2, 0) is 11.3 Å². The van der Waals surface area contributed by atoms with Crippen LogP contribution >= 0.6 is 0 Å². The first-order chi connectivity index (χ1) is 11.9. The molecule has 0 atom stereocenters. The zero-order valence-corrected chi connectivity index (χ0v) is 13.5. The molecule has 0 amide bonds. The molecule has 0 aliphatic rings. The van der Waals surface area contributed by atoms with Crippen molar-refractivity contribution in [3.63, 3.8) is 0 Å². The Bertz CT molecular complexity index is 855. The van der Waals surface area contributed by atoms with Crippen LogP contribution in [0, 0.1) is 0 Å². The van der Waals surface area contributed by atoms with Crippen LogP contribution in [0.1, 0.15) is 39.6 Å². The Balaban J connectivity index is 2.59. The smallest absolute Gasteiger partial charge is 0.342 e. The molecule has 0 unspecified atom stereocenters. The summed E-state index contributed by atoms with van der Waals surface area (Å²) in [6, 6.07) is 6.44.